The minimum Gasteiger partial charge on any atom is -0.310 e. The van der Waals surface area contributed by atoms with Gasteiger partial charge in [-0.1, -0.05) is 26.0 Å². The molecule has 0 unspecified atom stereocenters. The molecule has 0 amide bonds. The third-order valence-electron chi connectivity index (χ3n) is 2.34. The lowest BCUT2D eigenvalue weighted by atomic mass is 10.0. The van der Waals surface area contributed by atoms with E-state index in [0.29, 0.717) is 23.7 Å². The Labute approximate surface area is 95.9 Å². The average molecular weight is 219 g/mol. The lowest BCUT2D eigenvalue weighted by Gasteiger charge is -2.09. The third kappa shape index (κ3) is 3.28. The van der Waals surface area contributed by atoms with Crippen molar-refractivity contribution in [3.63, 3.8) is 0 Å². The Balaban J connectivity index is 2.91. The first kappa shape index (κ1) is 12.6. The first-order valence-corrected chi connectivity index (χ1v) is 5.37. The van der Waals surface area contributed by atoms with E-state index < -0.39 is 0 Å². The van der Waals surface area contributed by atoms with Crippen LogP contribution in [0.15, 0.2) is 18.2 Å². The topological polar surface area (TPSA) is 46.2 Å². The number of carbonyl (C=O) groups is 2. The van der Waals surface area contributed by atoms with E-state index in [4.69, 9.17) is 0 Å². The number of hydrogen-bond acceptors (Lipinski definition) is 3. The summed E-state index contributed by atoms with van der Waals surface area (Å²) in [6.07, 6.45) is 0.732. The van der Waals surface area contributed by atoms with Crippen LogP contribution in [-0.4, -0.2) is 18.1 Å². The van der Waals surface area contributed by atoms with E-state index in [0.717, 1.165) is 11.8 Å². The average Bonchev–Trinajstić information content (AvgIpc) is 2.25. The summed E-state index contributed by atoms with van der Waals surface area (Å²) >= 11 is 0. The van der Waals surface area contributed by atoms with Crippen LogP contribution in [0.4, 0.5) is 0 Å². The van der Waals surface area contributed by atoms with Gasteiger partial charge in [-0.05, 0) is 18.6 Å². The Kier molecular flexibility index (Phi) is 4.38. The molecule has 0 saturated carbocycles. The lowest BCUT2D eigenvalue weighted by molar-refractivity contribution is 0.101. The molecule has 1 aromatic rings. The van der Waals surface area contributed by atoms with Gasteiger partial charge in [-0.2, -0.15) is 0 Å². The van der Waals surface area contributed by atoms with Gasteiger partial charge in [0, 0.05) is 23.7 Å². The molecule has 3 heteroatoms. The fourth-order valence-electron chi connectivity index (χ4n) is 1.46. The number of hydrogen-bond donors (Lipinski definition) is 1. The molecule has 0 heterocycles. The van der Waals surface area contributed by atoms with Crippen LogP contribution in [0.5, 0.6) is 0 Å². The lowest BCUT2D eigenvalue weighted by Crippen LogP contribution is -2.22. The number of Topliss-reactive ketones (excluding diaryl/α,β-unsaturated/α-hetero) is 1. The molecule has 1 rings (SSSR count). The Morgan fingerprint density at radius 1 is 1.44 bits per heavy atom. The minimum atomic E-state index is -0.0783. The predicted molar refractivity (Wildman–Crippen MR) is 63.8 cm³/mol. The van der Waals surface area contributed by atoms with Gasteiger partial charge in [-0.15, -0.1) is 0 Å². The first-order chi connectivity index (χ1) is 7.54. The number of benzene rings is 1. The van der Waals surface area contributed by atoms with Crippen molar-refractivity contribution in [1.82, 2.24) is 5.32 Å². The van der Waals surface area contributed by atoms with Gasteiger partial charge in [0.15, 0.2) is 12.1 Å². The van der Waals surface area contributed by atoms with E-state index in [-0.39, 0.29) is 5.78 Å². The van der Waals surface area contributed by atoms with Gasteiger partial charge < -0.3 is 5.32 Å². The third-order valence-corrected chi connectivity index (χ3v) is 2.34. The predicted octanol–water partition coefficient (Wildman–Crippen LogP) is 2.20. The Morgan fingerprint density at radius 3 is 2.62 bits per heavy atom. The summed E-state index contributed by atoms with van der Waals surface area (Å²) in [5.41, 5.74) is 1.97. The summed E-state index contributed by atoms with van der Waals surface area (Å²) in [5, 5.41) is 3.26. The second-order valence-electron chi connectivity index (χ2n) is 4.13. The summed E-state index contributed by atoms with van der Waals surface area (Å²) in [4.78, 5) is 22.1. The van der Waals surface area contributed by atoms with E-state index in [1.165, 1.54) is 6.92 Å². The molecular formula is C13H17NO2. The molecule has 1 N–H and O–H groups in total. The zero-order chi connectivity index (χ0) is 12.1. The quantitative estimate of drug-likeness (QED) is 0.610. The van der Waals surface area contributed by atoms with E-state index in [1.54, 1.807) is 12.1 Å². The van der Waals surface area contributed by atoms with Crippen molar-refractivity contribution in [3.8, 4) is 0 Å². The van der Waals surface area contributed by atoms with E-state index in [1.807, 2.05) is 6.07 Å². The Bertz CT molecular complexity index is 397. The smallest absolute Gasteiger partial charge is 0.160 e. The van der Waals surface area contributed by atoms with Gasteiger partial charge in [0.05, 0.1) is 0 Å². The van der Waals surface area contributed by atoms with Crippen molar-refractivity contribution in [2.45, 2.75) is 33.4 Å². The van der Waals surface area contributed by atoms with Gasteiger partial charge in [-0.3, -0.25) is 9.59 Å². The molecule has 0 spiro atoms. The van der Waals surface area contributed by atoms with Crippen LogP contribution in [0, 0.1) is 0 Å². The standard InChI is InChI=1S/C13H17NO2/c1-9(2)14-7-11-4-5-13(10(3)16)12(6-11)8-15/h4-6,8-9,14H,7H2,1-3H3. The van der Waals surface area contributed by atoms with Crippen molar-refractivity contribution in [3.05, 3.63) is 34.9 Å². The molecule has 86 valence electrons. The second-order valence-corrected chi connectivity index (χ2v) is 4.13. The highest BCUT2D eigenvalue weighted by Crippen LogP contribution is 2.11. The monoisotopic (exact) mass is 219 g/mol. The number of ketones is 1. The molecule has 3 nitrogen and oxygen atoms in total. The number of nitrogens with one attached hydrogen (secondary N) is 1. The summed E-state index contributed by atoms with van der Waals surface area (Å²) in [5.74, 6) is -0.0783. The fourth-order valence-corrected chi connectivity index (χ4v) is 1.46. The molecule has 0 bridgehead atoms. The van der Waals surface area contributed by atoms with E-state index in [2.05, 4.69) is 19.2 Å². The molecular weight excluding hydrogens is 202 g/mol. The summed E-state index contributed by atoms with van der Waals surface area (Å²) in [6, 6.07) is 5.74. The van der Waals surface area contributed by atoms with Crippen molar-refractivity contribution in [2.24, 2.45) is 0 Å². The molecule has 0 atom stereocenters. The van der Waals surface area contributed by atoms with Crippen LogP contribution in [0.25, 0.3) is 0 Å². The van der Waals surface area contributed by atoms with Crippen LogP contribution in [0.1, 0.15) is 47.1 Å². The number of carbonyl (C=O) groups excluding carboxylic acids is 2. The molecule has 0 fully saturated rings. The largest absolute Gasteiger partial charge is 0.310 e. The molecule has 0 aliphatic heterocycles. The van der Waals surface area contributed by atoms with Crippen molar-refractivity contribution < 1.29 is 9.59 Å². The summed E-state index contributed by atoms with van der Waals surface area (Å²) in [6.45, 7) is 6.29. The van der Waals surface area contributed by atoms with Crippen LogP contribution in [-0.2, 0) is 6.54 Å². The Hall–Kier alpha value is -1.48. The normalized spacial score (nSPS) is 10.5. The zero-order valence-electron chi connectivity index (χ0n) is 9.91. The zero-order valence-corrected chi connectivity index (χ0v) is 9.91. The SMILES string of the molecule is CC(=O)c1ccc(CNC(C)C)cc1C=O. The van der Waals surface area contributed by atoms with Crippen LogP contribution >= 0.6 is 0 Å². The molecule has 0 aliphatic carbocycles. The molecule has 0 aromatic heterocycles. The van der Waals surface area contributed by atoms with E-state index in [9.17, 15) is 9.59 Å². The van der Waals surface area contributed by atoms with Crippen molar-refractivity contribution >= 4 is 12.1 Å². The second kappa shape index (κ2) is 5.56. The highest BCUT2D eigenvalue weighted by Gasteiger charge is 2.07. The maximum absolute atomic E-state index is 11.2. The van der Waals surface area contributed by atoms with Crippen molar-refractivity contribution in [1.29, 1.82) is 0 Å². The first-order valence-electron chi connectivity index (χ1n) is 5.37. The highest BCUT2D eigenvalue weighted by molar-refractivity contribution is 6.01. The van der Waals surface area contributed by atoms with Gasteiger partial charge in [0.2, 0.25) is 0 Å². The molecule has 16 heavy (non-hydrogen) atoms. The summed E-state index contributed by atoms with van der Waals surface area (Å²) < 4.78 is 0. The maximum Gasteiger partial charge on any atom is 0.160 e. The van der Waals surface area contributed by atoms with Gasteiger partial charge in [0.25, 0.3) is 0 Å². The van der Waals surface area contributed by atoms with Gasteiger partial charge >= 0.3 is 0 Å². The summed E-state index contributed by atoms with van der Waals surface area (Å²) in [7, 11) is 0. The van der Waals surface area contributed by atoms with Crippen LogP contribution < -0.4 is 5.32 Å². The minimum absolute atomic E-state index is 0.0783. The van der Waals surface area contributed by atoms with Gasteiger partial charge in [0.1, 0.15) is 0 Å². The molecule has 1 aromatic carbocycles. The maximum atomic E-state index is 11.2. The Morgan fingerprint density at radius 2 is 2.12 bits per heavy atom. The highest BCUT2D eigenvalue weighted by atomic mass is 16.1. The van der Waals surface area contributed by atoms with Crippen LogP contribution in [0.3, 0.4) is 0 Å². The fraction of sp³-hybridized carbons (Fsp3) is 0.385. The molecule has 0 saturated heterocycles. The van der Waals surface area contributed by atoms with Crippen LogP contribution in [0.2, 0.25) is 0 Å². The van der Waals surface area contributed by atoms with E-state index >= 15 is 0 Å². The van der Waals surface area contributed by atoms with Crippen molar-refractivity contribution in [2.75, 3.05) is 0 Å². The van der Waals surface area contributed by atoms with Gasteiger partial charge in [-0.25, -0.2) is 0 Å². The molecule has 0 radical (unpaired) electrons. The number of aldehydes is 1. The molecule has 0 aliphatic rings. The number of rotatable bonds is 5.